The van der Waals surface area contributed by atoms with E-state index in [0.29, 0.717) is 30.7 Å². The Bertz CT molecular complexity index is 657. The molecular weight excluding hydrogens is 354 g/mol. The molecule has 0 spiro atoms. The van der Waals surface area contributed by atoms with Crippen LogP contribution in [0.2, 0.25) is 5.15 Å². The number of ether oxygens (including phenoxy) is 1. The molecule has 1 atom stereocenters. The average molecular weight is 382 g/mol. The number of aromatic nitrogens is 2. The monoisotopic (exact) mass is 381 g/mol. The molecule has 1 aromatic rings. The number of anilines is 2. The highest BCUT2D eigenvalue weighted by molar-refractivity contribution is 6.29. The molecule has 2 saturated heterocycles. The summed E-state index contributed by atoms with van der Waals surface area (Å²) in [6, 6.07) is 1.83. The van der Waals surface area contributed by atoms with Crippen LogP contribution in [0.4, 0.5) is 16.6 Å². The van der Waals surface area contributed by atoms with Crippen molar-refractivity contribution in [1.82, 2.24) is 14.9 Å². The van der Waals surface area contributed by atoms with Gasteiger partial charge in [0.2, 0.25) is 5.95 Å². The minimum Gasteiger partial charge on any atom is -0.444 e. The fraction of sp³-hybridized carbons (Fsp3) is 0.722. The fourth-order valence-electron chi connectivity index (χ4n) is 3.37. The smallest absolute Gasteiger partial charge is 0.410 e. The van der Waals surface area contributed by atoms with Crippen LogP contribution in [0, 0.1) is 0 Å². The summed E-state index contributed by atoms with van der Waals surface area (Å²) < 4.78 is 5.51. The molecule has 144 valence electrons. The lowest BCUT2D eigenvalue weighted by molar-refractivity contribution is 0.0158. The van der Waals surface area contributed by atoms with Crippen molar-refractivity contribution in [3.8, 4) is 0 Å². The maximum absolute atomic E-state index is 12.4. The van der Waals surface area contributed by atoms with E-state index in [1.165, 1.54) is 0 Å². The van der Waals surface area contributed by atoms with Crippen LogP contribution in [0.15, 0.2) is 6.07 Å². The van der Waals surface area contributed by atoms with E-state index in [-0.39, 0.29) is 12.1 Å². The van der Waals surface area contributed by atoms with Gasteiger partial charge in [-0.2, -0.15) is 4.98 Å². The Balaban J connectivity index is 1.69. The van der Waals surface area contributed by atoms with E-state index in [0.717, 1.165) is 31.7 Å². The fourth-order valence-corrected chi connectivity index (χ4v) is 3.55. The van der Waals surface area contributed by atoms with Gasteiger partial charge >= 0.3 is 6.09 Å². The largest absolute Gasteiger partial charge is 0.444 e. The van der Waals surface area contributed by atoms with Crippen LogP contribution < -0.4 is 9.80 Å². The number of hydrogen-bond acceptors (Lipinski definition) is 6. The Kier molecular flexibility index (Phi) is 5.46. The quantitative estimate of drug-likeness (QED) is 0.733. The Morgan fingerprint density at radius 2 is 1.85 bits per heavy atom. The lowest BCUT2D eigenvalue weighted by Crippen LogP contribution is -2.55. The van der Waals surface area contributed by atoms with Gasteiger partial charge in [0.1, 0.15) is 16.6 Å². The first-order chi connectivity index (χ1) is 12.2. The lowest BCUT2D eigenvalue weighted by atomic mass is 10.2. The highest BCUT2D eigenvalue weighted by atomic mass is 35.5. The Labute approximate surface area is 160 Å². The zero-order chi connectivity index (χ0) is 18.9. The summed E-state index contributed by atoms with van der Waals surface area (Å²) in [6.07, 6.45) is 2.07. The molecular formula is C18H28ClN5O2. The van der Waals surface area contributed by atoms with E-state index in [9.17, 15) is 4.79 Å². The van der Waals surface area contributed by atoms with E-state index in [2.05, 4.69) is 14.8 Å². The van der Waals surface area contributed by atoms with Crippen LogP contribution in [-0.2, 0) is 4.74 Å². The summed E-state index contributed by atoms with van der Waals surface area (Å²) in [5.74, 6) is 1.52. The summed E-state index contributed by atoms with van der Waals surface area (Å²) >= 11 is 6.25. The third-order valence-corrected chi connectivity index (χ3v) is 4.83. The second-order valence-corrected chi connectivity index (χ2v) is 8.40. The summed E-state index contributed by atoms with van der Waals surface area (Å²) in [6.45, 7) is 11.6. The third-order valence-electron chi connectivity index (χ3n) is 4.64. The van der Waals surface area contributed by atoms with Crippen LogP contribution >= 0.6 is 11.6 Å². The van der Waals surface area contributed by atoms with Gasteiger partial charge in [-0.25, -0.2) is 9.78 Å². The Morgan fingerprint density at radius 3 is 2.46 bits per heavy atom. The van der Waals surface area contributed by atoms with Crippen molar-refractivity contribution < 1.29 is 9.53 Å². The minimum atomic E-state index is -0.487. The molecule has 2 fully saturated rings. The average Bonchev–Trinajstić information content (AvgIpc) is 3.07. The highest BCUT2D eigenvalue weighted by Gasteiger charge is 2.31. The predicted octanol–water partition coefficient (Wildman–Crippen LogP) is 3.18. The van der Waals surface area contributed by atoms with Crippen molar-refractivity contribution in [1.29, 1.82) is 0 Å². The van der Waals surface area contributed by atoms with Crippen molar-refractivity contribution in [3.05, 3.63) is 11.2 Å². The van der Waals surface area contributed by atoms with Gasteiger partial charge in [-0.15, -0.1) is 0 Å². The molecule has 3 rings (SSSR count). The van der Waals surface area contributed by atoms with E-state index in [1.807, 2.05) is 27.7 Å². The first kappa shape index (κ1) is 19.0. The van der Waals surface area contributed by atoms with Crippen LogP contribution in [0.25, 0.3) is 0 Å². The van der Waals surface area contributed by atoms with Crippen LogP contribution in [0.1, 0.15) is 40.5 Å². The molecule has 7 nitrogen and oxygen atoms in total. The SMILES string of the molecule is CC1CN(c2cc(Cl)nc(N3CCCC3)n2)CCN1C(=O)OC(C)(C)C. The van der Waals surface area contributed by atoms with Gasteiger partial charge in [0.05, 0.1) is 0 Å². The molecule has 0 N–H and O–H groups in total. The van der Waals surface area contributed by atoms with E-state index in [1.54, 1.807) is 11.0 Å². The van der Waals surface area contributed by atoms with E-state index < -0.39 is 5.60 Å². The maximum atomic E-state index is 12.4. The molecule has 1 unspecified atom stereocenters. The number of hydrogen-bond donors (Lipinski definition) is 0. The predicted molar refractivity (Wildman–Crippen MR) is 103 cm³/mol. The molecule has 0 bridgehead atoms. The zero-order valence-electron chi connectivity index (χ0n) is 16.0. The number of halogens is 1. The summed E-state index contributed by atoms with van der Waals surface area (Å²) in [7, 11) is 0. The number of carbonyl (C=O) groups is 1. The summed E-state index contributed by atoms with van der Waals surface area (Å²) in [5.41, 5.74) is -0.487. The molecule has 8 heteroatoms. The molecule has 0 radical (unpaired) electrons. The molecule has 1 amide bonds. The van der Waals surface area contributed by atoms with Crippen LogP contribution in [0.3, 0.4) is 0 Å². The number of piperazine rings is 1. The van der Waals surface area contributed by atoms with Crippen molar-refractivity contribution in [2.75, 3.05) is 42.5 Å². The van der Waals surface area contributed by atoms with Crippen molar-refractivity contribution in [2.24, 2.45) is 0 Å². The highest BCUT2D eigenvalue weighted by Crippen LogP contribution is 2.25. The van der Waals surface area contributed by atoms with Crippen molar-refractivity contribution in [3.63, 3.8) is 0 Å². The van der Waals surface area contributed by atoms with Gasteiger partial charge < -0.3 is 19.4 Å². The Morgan fingerprint density at radius 1 is 1.15 bits per heavy atom. The molecule has 0 aliphatic carbocycles. The molecule has 26 heavy (non-hydrogen) atoms. The maximum Gasteiger partial charge on any atom is 0.410 e. The normalized spacial score (nSPS) is 21.3. The number of carbonyl (C=O) groups excluding carboxylic acids is 1. The van der Waals surface area contributed by atoms with Gasteiger partial charge in [0, 0.05) is 44.8 Å². The molecule has 3 heterocycles. The van der Waals surface area contributed by atoms with Gasteiger partial charge in [-0.05, 0) is 40.5 Å². The van der Waals surface area contributed by atoms with Crippen molar-refractivity contribution in [2.45, 2.75) is 52.2 Å². The topological polar surface area (TPSA) is 61.8 Å². The van der Waals surface area contributed by atoms with Gasteiger partial charge in [0.25, 0.3) is 0 Å². The molecule has 2 aliphatic rings. The second-order valence-electron chi connectivity index (χ2n) is 8.01. The first-order valence-corrected chi connectivity index (χ1v) is 9.65. The van der Waals surface area contributed by atoms with Gasteiger partial charge in [0.15, 0.2) is 0 Å². The lowest BCUT2D eigenvalue weighted by Gasteiger charge is -2.40. The van der Waals surface area contributed by atoms with E-state index >= 15 is 0 Å². The minimum absolute atomic E-state index is 0.0302. The summed E-state index contributed by atoms with van der Waals surface area (Å²) in [4.78, 5) is 27.6. The number of rotatable bonds is 2. The molecule has 2 aliphatic heterocycles. The Hall–Kier alpha value is -1.76. The molecule has 1 aromatic heterocycles. The second kappa shape index (κ2) is 7.47. The third kappa shape index (κ3) is 4.50. The van der Waals surface area contributed by atoms with E-state index in [4.69, 9.17) is 21.3 Å². The first-order valence-electron chi connectivity index (χ1n) is 9.27. The van der Waals surface area contributed by atoms with Crippen LogP contribution in [-0.4, -0.2) is 65.3 Å². The summed E-state index contributed by atoms with van der Waals surface area (Å²) in [5, 5.41) is 0.458. The zero-order valence-corrected chi connectivity index (χ0v) is 16.8. The number of nitrogens with zero attached hydrogens (tertiary/aromatic N) is 5. The van der Waals surface area contributed by atoms with Gasteiger partial charge in [-0.3, -0.25) is 0 Å². The number of amides is 1. The molecule has 0 aromatic carbocycles. The van der Waals surface area contributed by atoms with Crippen LogP contribution in [0.5, 0.6) is 0 Å². The molecule has 0 saturated carbocycles. The van der Waals surface area contributed by atoms with Gasteiger partial charge in [-0.1, -0.05) is 11.6 Å². The standard InChI is InChI=1S/C18H28ClN5O2/c1-13-12-23(9-10-24(13)17(25)26-18(2,3)4)15-11-14(19)20-16(21-15)22-7-5-6-8-22/h11,13H,5-10,12H2,1-4H3. The van der Waals surface area contributed by atoms with Crippen molar-refractivity contribution >= 4 is 29.5 Å².